The monoisotopic (exact) mass is 385 g/mol. The van der Waals surface area contributed by atoms with Gasteiger partial charge in [0.15, 0.2) is 6.61 Å². The fourth-order valence-electron chi connectivity index (χ4n) is 2.48. The summed E-state index contributed by atoms with van der Waals surface area (Å²) >= 11 is 1.33. The number of amides is 3. The second-order valence-electron chi connectivity index (χ2n) is 5.95. The van der Waals surface area contributed by atoms with Crippen molar-refractivity contribution in [1.82, 2.24) is 10.9 Å². The van der Waals surface area contributed by atoms with Gasteiger partial charge in [0.05, 0.1) is 10.9 Å². The van der Waals surface area contributed by atoms with E-state index < -0.39 is 17.1 Å². The first-order chi connectivity index (χ1) is 13.0. The minimum absolute atomic E-state index is 0.0518. The van der Waals surface area contributed by atoms with Gasteiger partial charge in [0.1, 0.15) is 5.75 Å². The average molecular weight is 385 g/mol. The first-order valence-corrected chi connectivity index (χ1v) is 9.23. The molecule has 1 atom stereocenters. The van der Waals surface area contributed by atoms with E-state index in [1.165, 1.54) is 11.8 Å². The van der Waals surface area contributed by atoms with Crippen LogP contribution in [0.25, 0.3) is 0 Å². The van der Waals surface area contributed by atoms with Gasteiger partial charge < -0.3 is 10.1 Å². The Hall–Kier alpha value is -3.00. The van der Waals surface area contributed by atoms with Crippen molar-refractivity contribution in [2.24, 2.45) is 0 Å². The molecule has 1 heterocycles. The first kappa shape index (κ1) is 18.8. The second kappa shape index (κ2) is 8.59. The number of carbonyl (C=O) groups excluding carboxylic acids is 3. The number of carbonyl (C=O) groups is 3. The molecule has 0 aromatic heterocycles. The van der Waals surface area contributed by atoms with Gasteiger partial charge in [0.2, 0.25) is 11.8 Å². The molecule has 0 unspecified atom stereocenters. The van der Waals surface area contributed by atoms with Crippen LogP contribution in [-0.2, 0) is 14.4 Å². The topological polar surface area (TPSA) is 96.5 Å². The molecule has 1 aliphatic rings. The lowest BCUT2D eigenvalue weighted by Crippen LogP contribution is -2.45. The molecule has 0 fully saturated rings. The molecule has 7 nitrogen and oxygen atoms in total. The van der Waals surface area contributed by atoms with Crippen molar-refractivity contribution >= 4 is 35.2 Å². The highest BCUT2D eigenvalue weighted by Crippen LogP contribution is 2.36. The number of benzene rings is 2. The number of aryl methyl sites for hydroxylation is 1. The van der Waals surface area contributed by atoms with Gasteiger partial charge in [-0.1, -0.05) is 30.3 Å². The lowest BCUT2D eigenvalue weighted by atomic mass is 10.2. The maximum absolute atomic E-state index is 12.1. The Morgan fingerprint density at radius 1 is 1.07 bits per heavy atom. The summed E-state index contributed by atoms with van der Waals surface area (Å²) in [7, 11) is 0. The number of thioether (sulfide) groups is 1. The predicted octanol–water partition coefficient (Wildman–Crippen LogP) is 2.02. The molecular formula is C19H19N3O4S. The van der Waals surface area contributed by atoms with Gasteiger partial charge in [-0.25, -0.2) is 0 Å². The van der Waals surface area contributed by atoms with Crippen LogP contribution in [0.15, 0.2) is 53.4 Å². The standard InChI is InChI=1S/C19H19N3O4S/c1-12-6-2-4-8-14(12)26-11-18(24)22-21-17(23)10-16-19(25)20-13-7-3-5-9-15(13)27-16/h2-9,16H,10-11H2,1H3,(H,20,25)(H,21,23)(H,22,24)/t16-/m0/s1. The highest BCUT2D eigenvalue weighted by atomic mass is 32.2. The molecule has 1 aliphatic heterocycles. The Morgan fingerprint density at radius 2 is 1.78 bits per heavy atom. The lowest BCUT2D eigenvalue weighted by Gasteiger charge is -2.23. The Morgan fingerprint density at radius 3 is 2.59 bits per heavy atom. The molecule has 0 bridgehead atoms. The Balaban J connectivity index is 1.44. The molecule has 3 amide bonds. The van der Waals surface area contributed by atoms with E-state index in [1.54, 1.807) is 6.07 Å². The Kier molecular flexibility index (Phi) is 5.97. The van der Waals surface area contributed by atoms with E-state index in [1.807, 2.05) is 49.4 Å². The lowest BCUT2D eigenvalue weighted by molar-refractivity contribution is -0.130. The SMILES string of the molecule is Cc1ccccc1OCC(=O)NNC(=O)C[C@@H]1Sc2ccccc2NC1=O. The first-order valence-electron chi connectivity index (χ1n) is 8.35. The largest absolute Gasteiger partial charge is 0.483 e. The number of hydrogen-bond donors (Lipinski definition) is 3. The van der Waals surface area contributed by atoms with E-state index in [9.17, 15) is 14.4 Å². The molecule has 27 heavy (non-hydrogen) atoms. The van der Waals surface area contributed by atoms with Crippen LogP contribution in [0.5, 0.6) is 5.75 Å². The van der Waals surface area contributed by atoms with Crippen molar-refractivity contribution in [2.75, 3.05) is 11.9 Å². The van der Waals surface area contributed by atoms with Crippen LogP contribution >= 0.6 is 11.8 Å². The summed E-state index contributed by atoms with van der Waals surface area (Å²) in [6, 6.07) is 14.7. The number of ether oxygens (including phenoxy) is 1. The molecular weight excluding hydrogens is 366 g/mol. The molecule has 3 N–H and O–H groups in total. The maximum Gasteiger partial charge on any atom is 0.276 e. The molecule has 8 heteroatoms. The third kappa shape index (κ3) is 5.01. The number of nitrogens with one attached hydrogen (secondary N) is 3. The minimum atomic E-state index is -0.556. The quantitative estimate of drug-likeness (QED) is 0.685. The third-order valence-corrected chi connectivity index (χ3v) is 5.15. The summed E-state index contributed by atoms with van der Waals surface area (Å²) < 4.78 is 5.41. The van der Waals surface area contributed by atoms with Crippen LogP contribution in [0.4, 0.5) is 5.69 Å². The second-order valence-corrected chi connectivity index (χ2v) is 7.19. The fourth-order valence-corrected chi connectivity index (χ4v) is 3.59. The molecule has 0 saturated heterocycles. The van der Waals surface area contributed by atoms with E-state index >= 15 is 0 Å². The molecule has 140 valence electrons. The zero-order valence-electron chi connectivity index (χ0n) is 14.7. The number of hydrazine groups is 1. The number of anilines is 1. The zero-order chi connectivity index (χ0) is 19.2. The molecule has 0 aliphatic carbocycles. The van der Waals surface area contributed by atoms with E-state index in [0.717, 1.165) is 16.1 Å². The van der Waals surface area contributed by atoms with Crippen LogP contribution in [0.3, 0.4) is 0 Å². The van der Waals surface area contributed by atoms with E-state index in [2.05, 4.69) is 16.2 Å². The van der Waals surface area contributed by atoms with Crippen LogP contribution < -0.4 is 20.9 Å². The van der Waals surface area contributed by atoms with Crippen LogP contribution in [0.1, 0.15) is 12.0 Å². The van der Waals surface area contributed by atoms with Gasteiger partial charge in [-0.05, 0) is 30.7 Å². The molecule has 2 aromatic carbocycles. The summed E-state index contributed by atoms with van der Waals surface area (Å²) in [4.78, 5) is 36.9. The predicted molar refractivity (Wildman–Crippen MR) is 102 cm³/mol. The Bertz CT molecular complexity index is 872. The van der Waals surface area contributed by atoms with Gasteiger partial charge in [-0.3, -0.25) is 25.2 Å². The number of para-hydroxylation sites is 2. The summed E-state index contributed by atoms with van der Waals surface area (Å²) in [6.45, 7) is 1.65. The van der Waals surface area contributed by atoms with E-state index in [4.69, 9.17) is 4.74 Å². The third-order valence-electron chi connectivity index (χ3n) is 3.87. The van der Waals surface area contributed by atoms with Gasteiger partial charge >= 0.3 is 0 Å². The van der Waals surface area contributed by atoms with Gasteiger partial charge in [0, 0.05) is 11.3 Å². The normalized spacial score (nSPS) is 15.3. The Labute approximate surface area is 160 Å². The van der Waals surface area contributed by atoms with Gasteiger partial charge in [0.25, 0.3) is 5.91 Å². The van der Waals surface area contributed by atoms with Crippen molar-refractivity contribution < 1.29 is 19.1 Å². The van der Waals surface area contributed by atoms with Gasteiger partial charge in [-0.15, -0.1) is 11.8 Å². The molecule has 2 aromatic rings. The van der Waals surface area contributed by atoms with Crippen molar-refractivity contribution in [2.45, 2.75) is 23.5 Å². The van der Waals surface area contributed by atoms with E-state index in [-0.39, 0.29) is 18.9 Å². The molecule has 3 rings (SSSR count). The average Bonchev–Trinajstić information content (AvgIpc) is 2.66. The summed E-state index contributed by atoms with van der Waals surface area (Å²) in [5, 5.41) is 2.22. The van der Waals surface area contributed by atoms with Crippen molar-refractivity contribution in [1.29, 1.82) is 0 Å². The smallest absolute Gasteiger partial charge is 0.276 e. The van der Waals surface area contributed by atoms with Gasteiger partial charge in [-0.2, -0.15) is 0 Å². The van der Waals surface area contributed by atoms with E-state index in [0.29, 0.717) is 5.75 Å². The number of rotatable bonds is 5. The summed E-state index contributed by atoms with van der Waals surface area (Å²) in [5.41, 5.74) is 6.26. The molecule has 0 saturated carbocycles. The summed E-state index contributed by atoms with van der Waals surface area (Å²) in [6.07, 6.45) is -0.0518. The zero-order valence-corrected chi connectivity index (χ0v) is 15.5. The van der Waals surface area contributed by atoms with Crippen molar-refractivity contribution in [3.8, 4) is 5.75 Å². The maximum atomic E-state index is 12.1. The number of fused-ring (bicyclic) bond motifs is 1. The molecule has 0 radical (unpaired) electrons. The fraction of sp³-hybridized carbons (Fsp3) is 0.211. The number of hydrogen-bond acceptors (Lipinski definition) is 5. The van der Waals surface area contributed by atoms with Crippen LogP contribution in [0.2, 0.25) is 0 Å². The van der Waals surface area contributed by atoms with Crippen molar-refractivity contribution in [3.05, 3.63) is 54.1 Å². The van der Waals surface area contributed by atoms with Crippen LogP contribution in [-0.4, -0.2) is 29.6 Å². The van der Waals surface area contributed by atoms with Crippen LogP contribution in [0, 0.1) is 6.92 Å². The highest BCUT2D eigenvalue weighted by molar-refractivity contribution is 8.01. The highest BCUT2D eigenvalue weighted by Gasteiger charge is 2.28. The summed E-state index contributed by atoms with van der Waals surface area (Å²) in [5.74, 6) is -0.569. The molecule has 0 spiro atoms. The minimum Gasteiger partial charge on any atom is -0.483 e. The van der Waals surface area contributed by atoms with Crippen molar-refractivity contribution in [3.63, 3.8) is 0 Å².